The van der Waals surface area contributed by atoms with Crippen molar-refractivity contribution in [1.29, 1.82) is 0 Å². The van der Waals surface area contributed by atoms with E-state index in [0.29, 0.717) is 16.3 Å². The zero-order chi connectivity index (χ0) is 12.4. The van der Waals surface area contributed by atoms with Gasteiger partial charge in [0.2, 0.25) is 0 Å². The van der Waals surface area contributed by atoms with E-state index in [2.05, 4.69) is 4.37 Å². The molecule has 0 aliphatic carbocycles. The van der Waals surface area contributed by atoms with E-state index in [1.165, 1.54) is 11.5 Å². The fourth-order valence-electron chi connectivity index (χ4n) is 1.59. The molecule has 0 saturated carbocycles. The monoisotopic (exact) mass is 249 g/mol. The van der Waals surface area contributed by atoms with Crippen LogP contribution in [-0.2, 0) is 0 Å². The maximum atomic E-state index is 11.2. The third kappa shape index (κ3) is 2.14. The Kier molecular flexibility index (Phi) is 3.10. The maximum absolute atomic E-state index is 11.2. The van der Waals surface area contributed by atoms with Crippen LogP contribution in [0.2, 0.25) is 0 Å². The summed E-state index contributed by atoms with van der Waals surface area (Å²) >= 11 is 1.20. The molecule has 88 valence electrons. The van der Waals surface area contributed by atoms with Crippen LogP contribution in [0, 0.1) is 6.92 Å². The SMILES string of the molecule is COc1cccc(-c2nsc(C)c2C(=O)O)c1. The van der Waals surface area contributed by atoms with E-state index < -0.39 is 5.97 Å². The number of carboxylic acid groups (broad SMARTS) is 1. The van der Waals surface area contributed by atoms with Crippen molar-refractivity contribution in [2.24, 2.45) is 0 Å². The smallest absolute Gasteiger partial charge is 0.339 e. The van der Waals surface area contributed by atoms with E-state index in [9.17, 15) is 4.79 Å². The highest BCUT2D eigenvalue weighted by Gasteiger charge is 2.18. The summed E-state index contributed by atoms with van der Waals surface area (Å²) in [5, 5.41) is 9.16. The molecule has 1 heterocycles. The molecular weight excluding hydrogens is 238 g/mol. The Bertz CT molecular complexity index is 563. The van der Waals surface area contributed by atoms with Gasteiger partial charge in [-0.25, -0.2) is 4.79 Å². The van der Waals surface area contributed by atoms with Gasteiger partial charge in [-0.2, -0.15) is 4.37 Å². The molecule has 0 atom stereocenters. The summed E-state index contributed by atoms with van der Waals surface area (Å²) in [7, 11) is 1.57. The van der Waals surface area contributed by atoms with E-state index in [1.807, 2.05) is 18.2 Å². The Hall–Kier alpha value is -1.88. The first kappa shape index (κ1) is 11.6. The molecule has 17 heavy (non-hydrogen) atoms. The molecule has 0 saturated heterocycles. The topological polar surface area (TPSA) is 59.4 Å². The minimum Gasteiger partial charge on any atom is -0.497 e. The van der Waals surface area contributed by atoms with Crippen molar-refractivity contribution in [2.75, 3.05) is 7.11 Å². The molecule has 0 bridgehead atoms. The van der Waals surface area contributed by atoms with Crippen LogP contribution < -0.4 is 4.74 Å². The first-order valence-electron chi connectivity index (χ1n) is 4.97. The maximum Gasteiger partial charge on any atom is 0.339 e. The van der Waals surface area contributed by atoms with E-state index in [4.69, 9.17) is 9.84 Å². The lowest BCUT2D eigenvalue weighted by molar-refractivity contribution is 0.0697. The number of hydrogen-bond donors (Lipinski definition) is 1. The summed E-state index contributed by atoms with van der Waals surface area (Å²) in [6.07, 6.45) is 0. The van der Waals surface area contributed by atoms with Gasteiger partial charge >= 0.3 is 5.97 Å². The van der Waals surface area contributed by atoms with Gasteiger partial charge in [0.1, 0.15) is 11.3 Å². The van der Waals surface area contributed by atoms with Crippen molar-refractivity contribution < 1.29 is 14.6 Å². The lowest BCUT2D eigenvalue weighted by Crippen LogP contribution is -1.99. The second kappa shape index (κ2) is 4.55. The summed E-state index contributed by atoms with van der Waals surface area (Å²) in [6, 6.07) is 7.22. The normalized spacial score (nSPS) is 10.2. The van der Waals surface area contributed by atoms with Crippen molar-refractivity contribution in [3.8, 4) is 17.0 Å². The molecule has 0 unspecified atom stereocenters. The van der Waals surface area contributed by atoms with Crippen molar-refractivity contribution >= 4 is 17.5 Å². The first-order chi connectivity index (χ1) is 8.13. The fraction of sp³-hybridized carbons (Fsp3) is 0.167. The highest BCUT2D eigenvalue weighted by Crippen LogP contribution is 2.29. The molecule has 1 aromatic carbocycles. The van der Waals surface area contributed by atoms with Crippen LogP contribution in [-0.4, -0.2) is 22.6 Å². The van der Waals surface area contributed by atoms with Gasteiger partial charge in [-0.05, 0) is 30.6 Å². The molecule has 0 amide bonds. The predicted octanol–water partition coefficient (Wildman–Crippen LogP) is 2.83. The molecule has 1 N–H and O–H groups in total. The number of benzene rings is 1. The number of aromatic carboxylic acids is 1. The number of hydrogen-bond acceptors (Lipinski definition) is 4. The number of nitrogens with zero attached hydrogens (tertiary/aromatic N) is 1. The van der Waals surface area contributed by atoms with Gasteiger partial charge in [-0.15, -0.1) is 0 Å². The van der Waals surface area contributed by atoms with E-state index in [1.54, 1.807) is 20.1 Å². The molecule has 2 rings (SSSR count). The number of ether oxygens (including phenoxy) is 1. The number of carboxylic acids is 1. The number of rotatable bonds is 3. The zero-order valence-electron chi connectivity index (χ0n) is 9.43. The lowest BCUT2D eigenvalue weighted by atomic mass is 10.1. The Morgan fingerprint density at radius 3 is 2.88 bits per heavy atom. The molecule has 0 radical (unpaired) electrons. The highest BCUT2D eigenvalue weighted by atomic mass is 32.1. The average molecular weight is 249 g/mol. The summed E-state index contributed by atoms with van der Waals surface area (Å²) in [5.41, 5.74) is 1.52. The Labute approximate surface area is 103 Å². The fourth-order valence-corrected chi connectivity index (χ4v) is 2.29. The first-order valence-corrected chi connectivity index (χ1v) is 5.75. The molecule has 5 heteroatoms. The van der Waals surface area contributed by atoms with Crippen LogP contribution in [0.3, 0.4) is 0 Å². The summed E-state index contributed by atoms with van der Waals surface area (Å²) < 4.78 is 9.30. The average Bonchev–Trinajstić information content (AvgIpc) is 2.71. The molecular formula is C12H11NO3S. The second-order valence-electron chi connectivity index (χ2n) is 3.50. The Morgan fingerprint density at radius 2 is 2.24 bits per heavy atom. The van der Waals surface area contributed by atoms with Crippen molar-refractivity contribution in [3.63, 3.8) is 0 Å². The molecule has 0 spiro atoms. The third-order valence-corrected chi connectivity index (χ3v) is 3.17. The van der Waals surface area contributed by atoms with Gasteiger partial charge < -0.3 is 9.84 Å². The van der Waals surface area contributed by atoms with Crippen molar-refractivity contribution in [1.82, 2.24) is 4.37 Å². The minimum absolute atomic E-state index is 0.267. The molecule has 0 aliphatic rings. The minimum atomic E-state index is -0.950. The van der Waals surface area contributed by atoms with Crippen LogP contribution in [0.1, 0.15) is 15.2 Å². The van der Waals surface area contributed by atoms with Crippen molar-refractivity contribution in [3.05, 3.63) is 34.7 Å². The Morgan fingerprint density at radius 1 is 1.47 bits per heavy atom. The van der Waals surface area contributed by atoms with E-state index in [-0.39, 0.29) is 5.56 Å². The molecule has 2 aromatic rings. The van der Waals surface area contributed by atoms with Gasteiger partial charge in [0.25, 0.3) is 0 Å². The van der Waals surface area contributed by atoms with Crippen LogP contribution >= 0.6 is 11.5 Å². The van der Waals surface area contributed by atoms with E-state index >= 15 is 0 Å². The molecule has 0 fully saturated rings. The van der Waals surface area contributed by atoms with Gasteiger partial charge in [-0.1, -0.05) is 12.1 Å². The number of aromatic nitrogens is 1. The van der Waals surface area contributed by atoms with Crippen LogP contribution in [0.15, 0.2) is 24.3 Å². The summed E-state index contributed by atoms with van der Waals surface area (Å²) in [4.78, 5) is 11.9. The number of methoxy groups -OCH3 is 1. The van der Waals surface area contributed by atoms with Gasteiger partial charge in [-0.3, -0.25) is 0 Å². The van der Waals surface area contributed by atoms with Crippen LogP contribution in [0.5, 0.6) is 5.75 Å². The van der Waals surface area contributed by atoms with E-state index in [0.717, 1.165) is 5.56 Å². The zero-order valence-corrected chi connectivity index (χ0v) is 10.2. The van der Waals surface area contributed by atoms with Gasteiger partial charge in [0.15, 0.2) is 0 Å². The predicted molar refractivity (Wildman–Crippen MR) is 65.8 cm³/mol. The van der Waals surface area contributed by atoms with Crippen LogP contribution in [0.4, 0.5) is 0 Å². The molecule has 1 aromatic heterocycles. The Balaban J connectivity index is 2.56. The van der Waals surface area contributed by atoms with Crippen molar-refractivity contribution in [2.45, 2.75) is 6.92 Å². The third-order valence-electron chi connectivity index (χ3n) is 2.42. The highest BCUT2D eigenvalue weighted by molar-refractivity contribution is 7.06. The van der Waals surface area contributed by atoms with Gasteiger partial charge in [0, 0.05) is 10.4 Å². The van der Waals surface area contributed by atoms with Gasteiger partial charge in [0.05, 0.1) is 12.8 Å². The molecule has 0 aliphatic heterocycles. The second-order valence-corrected chi connectivity index (χ2v) is 4.48. The number of aryl methyl sites for hydroxylation is 1. The number of carbonyl (C=O) groups is 1. The standard InChI is InChI=1S/C12H11NO3S/c1-7-10(12(14)15)11(13-17-7)8-4-3-5-9(6-8)16-2/h3-6H,1-2H3,(H,14,15). The molecule has 4 nitrogen and oxygen atoms in total. The summed E-state index contributed by atoms with van der Waals surface area (Å²) in [6.45, 7) is 1.75. The quantitative estimate of drug-likeness (QED) is 0.908. The summed E-state index contributed by atoms with van der Waals surface area (Å²) in [5.74, 6) is -0.265. The largest absolute Gasteiger partial charge is 0.497 e. The lowest BCUT2D eigenvalue weighted by Gasteiger charge is -2.03. The van der Waals surface area contributed by atoms with Crippen LogP contribution in [0.25, 0.3) is 11.3 Å².